The number of carbonyl (C=O) groups is 1. The van der Waals surface area contributed by atoms with Crippen molar-refractivity contribution in [3.8, 4) is 0 Å². The summed E-state index contributed by atoms with van der Waals surface area (Å²) in [5, 5.41) is 43.2. The predicted molar refractivity (Wildman–Crippen MR) is 233 cm³/mol. The van der Waals surface area contributed by atoms with Gasteiger partial charge < -0.3 is 30.3 Å². The van der Waals surface area contributed by atoms with Crippen molar-refractivity contribution in [3.63, 3.8) is 0 Å². The van der Waals surface area contributed by atoms with Crippen molar-refractivity contribution in [1.29, 1.82) is 0 Å². The minimum absolute atomic E-state index is 0.0694. The first-order valence-electron chi connectivity index (χ1n) is 22.3. The van der Waals surface area contributed by atoms with E-state index in [0.29, 0.717) is 26.1 Å². The highest BCUT2D eigenvalue weighted by Gasteiger charge is 2.13. The van der Waals surface area contributed by atoms with Crippen molar-refractivity contribution in [3.05, 3.63) is 42.5 Å². The number of nitrogens with zero attached hydrogens (tertiary/aromatic N) is 1. The summed E-state index contributed by atoms with van der Waals surface area (Å²) >= 11 is 0. The number of aliphatic hydroxyl groups excluding tert-OH is 5. The van der Waals surface area contributed by atoms with E-state index in [1.807, 2.05) is 0 Å². The molecule has 11 nitrogen and oxygen atoms in total. The maximum atomic E-state index is 11.9. The summed E-state index contributed by atoms with van der Waals surface area (Å²) in [7, 11) is -3.57. The van der Waals surface area contributed by atoms with Crippen LogP contribution in [0.25, 0.3) is 0 Å². The molecule has 0 saturated carbocycles. The third-order valence-corrected chi connectivity index (χ3v) is 10.6. The minimum Gasteiger partial charge on any atom is -0.463 e. The Hall–Kier alpha value is -1.90. The van der Waals surface area contributed by atoms with E-state index >= 15 is 0 Å². The molecule has 0 spiro atoms. The van der Waals surface area contributed by atoms with Gasteiger partial charge in [-0.1, -0.05) is 153 Å². The van der Waals surface area contributed by atoms with Gasteiger partial charge >= 0.3 is 5.97 Å². The van der Waals surface area contributed by atoms with Crippen LogP contribution in [0, 0.1) is 0 Å². The van der Waals surface area contributed by atoms with Crippen molar-refractivity contribution in [2.45, 2.75) is 179 Å². The molecule has 0 aliphatic rings. The van der Waals surface area contributed by atoms with Gasteiger partial charge in [0, 0.05) is 26.1 Å². The number of hydrogen-bond acceptors (Lipinski definition) is 11. The van der Waals surface area contributed by atoms with Gasteiger partial charge in [0.25, 0.3) is 10.1 Å². The zero-order valence-electron chi connectivity index (χ0n) is 36.1. The van der Waals surface area contributed by atoms with Crippen molar-refractivity contribution in [2.24, 2.45) is 0 Å². The van der Waals surface area contributed by atoms with Gasteiger partial charge in [0.1, 0.15) is 12.7 Å². The molecule has 0 amide bonds. The molecular weight excluding hydrogens is 747 g/mol. The Labute approximate surface area is 348 Å². The van der Waals surface area contributed by atoms with Crippen molar-refractivity contribution in [2.75, 3.05) is 59.3 Å². The molecule has 0 fully saturated rings. The van der Waals surface area contributed by atoms with Crippen LogP contribution in [0.3, 0.4) is 0 Å². The first-order chi connectivity index (χ1) is 27.7. The fourth-order valence-electron chi connectivity index (χ4n) is 5.83. The second-order valence-electron chi connectivity index (χ2n) is 14.6. The fourth-order valence-corrected chi connectivity index (χ4v) is 6.79. The maximum Gasteiger partial charge on any atom is 0.305 e. The molecule has 5 N–H and O–H groups in total. The van der Waals surface area contributed by atoms with Crippen LogP contribution in [0.2, 0.25) is 0 Å². The number of hydrogen-bond donors (Lipinski definition) is 5. The van der Waals surface area contributed by atoms with E-state index in [9.17, 15) is 13.2 Å². The van der Waals surface area contributed by atoms with Gasteiger partial charge in [-0.3, -0.25) is 13.9 Å². The maximum absolute atomic E-state index is 11.9. The molecule has 0 radical (unpaired) electrons. The first-order valence-corrected chi connectivity index (χ1v) is 23.7. The summed E-state index contributed by atoms with van der Waals surface area (Å²) in [5.41, 5.74) is 0. The number of ether oxygens (including phenoxy) is 1. The molecule has 1 unspecified atom stereocenters. The molecule has 1 rings (SSSR count). The zero-order chi connectivity index (χ0) is 42.5. The molecular formula is C45H85NO10S. The van der Waals surface area contributed by atoms with Crippen molar-refractivity contribution in [1.82, 2.24) is 4.90 Å². The Kier molecular flexibility index (Phi) is 45.3. The van der Waals surface area contributed by atoms with Crippen LogP contribution in [0.1, 0.15) is 168 Å². The van der Waals surface area contributed by atoms with Gasteiger partial charge in [0.15, 0.2) is 0 Å². The number of carbonyl (C=O) groups excluding carboxylic acids is 1. The number of allylic oxidation sites excluding steroid dienone is 2. The van der Waals surface area contributed by atoms with Crippen molar-refractivity contribution >= 4 is 16.1 Å². The third-order valence-electron chi connectivity index (χ3n) is 9.31. The van der Waals surface area contributed by atoms with E-state index in [0.717, 1.165) is 38.5 Å². The number of unbranched alkanes of at least 4 members (excludes halogenated alkanes) is 20. The summed E-state index contributed by atoms with van der Waals surface area (Å²) in [6.45, 7) is 6.04. The molecule has 0 aliphatic heterocycles. The Bertz CT molecular complexity index is 1080. The molecule has 0 bridgehead atoms. The normalized spacial score (nSPS) is 11.9. The van der Waals surface area contributed by atoms with Crippen LogP contribution < -0.4 is 0 Å². The van der Waals surface area contributed by atoms with E-state index in [-0.39, 0.29) is 50.5 Å². The highest BCUT2D eigenvalue weighted by molar-refractivity contribution is 7.86. The van der Waals surface area contributed by atoms with Crippen LogP contribution in [0.5, 0.6) is 0 Å². The van der Waals surface area contributed by atoms with Gasteiger partial charge in [-0.15, -0.1) is 0 Å². The Morgan fingerprint density at radius 1 is 0.632 bits per heavy atom. The summed E-state index contributed by atoms with van der Waals surface area (Å²) in [6, 6.07) is 8.33. The number of esters is 1. The first kappa shape index (κ1) is 57.2. The topological polar surface area (TPSA) is 174 Å². The fraction of sp³-hybridized carbons (Fsp3) is 0.800. The summed E-state index contributed by atoms with van der Waals surface area (Å²) in [6.07, 6.45) is 32.4. The molecule has 0 aromatic heterocycles. The second-order valence-corrected chi connectivity index (χ2v) is 16.3. The highest BCUT2D eigenvalue weighted by Crippen LogP contribution is 2.14. The molecule has 0 aliphatic carbocycles. The van der Waals surface area contributed by atoms with Gasteiger partial charge in [-0.05, 0) is 50.7 Å². The lowest BCUT2D eigenvalue weighted by molar-refractivity contribution is -0.147. The van der Waals surface area contributed by atoms with Gasteiger partial charge in [-0.2, -0.15) is 8.42 Å². The molecule has 1 atom stereocenters. The third kappa shape index (κ3) is 42.0. The standard InChI is InChI=1S/C21H40O4.C18H30O3S.C6H15NO3/c1-2-3-4-5-6-7-8-9-10-11-12-13-14-15-16-17-21(24)25-19-20(23)18-22;1-2-3-4-5-6-7-8-9-10-14-17-21-22(19,20)18-15-12-11-13-16-18;8-4-1-7(2-5-9)3-6-10/h9-10,20,22-23H,2-8,11-19H2,1H3;11-13,15-16H,2-10,14,17H2,1H3;8-10H,1-6H2. The van der Waals surface area contributed by atoms with Crippen LogP contribution >= 0.6 is 0 Å². The van der Waals surface area contributed by atoms with E-state index in [1.165, 1.54) is 109 Å². The molecule has 0 heterocycles. The Morgan fingerprint density at radius 2 is 1.05 bits per heavy atom. The Morgan fingerprint density at radius 3 is 1.49 bits per heavy atom. The SMILES string of the molecule is CCCCCCCCC=CCCCCCCCC(=O)OCC(O)CO.CCCCCCCCCCCCOS(=O)(=O)c1ccccc1.OCCN(CCO)CCO. The molecule has 0 saturated heterocycles. The summed E-state index contributed by atoms with van der Waals surface area (Å²) in [5.74, 6) is -0.287. The smallest absolute Gasteiger partial charge is 0.305 e. The summed E-state index contributed by atoms with van der Waals surface area (Å²) in [4.78, 5) is 13.4. The van der Waals surface area contributed by atoms with E-state index < -0.39 is 16.2 Å². The van der Waals surface area contributed by atoms with Crippen LogP contribution in [0.4, 0.5) is 0 Å². The van der Waals surface area contributed by atoms with Crippen LogP contribution in [-0.2, 0) is 23.8 Å². The van der Waals surface area contributed by atoms with Gasteiger partial charge in [0.05, 0.1) is 37.9 Å². The molecule has 1 aromatic carbocycles. The summed E-state index contributed by atoms with van der Waals surface area (Å²) < 4.78 is 33.7. The van der Waals surface area contributed by atoms with E-state index in [2.05, 4.69) is 26.0 Å². The average Bonchev–Trinajstić information content (AvgIpc) is 3.21. The average molecular weight is 832 g/mol. The zero-order valence-corrected chi connectivity index (χ0v) is 36.9. The Balaban J connectivity index is 0. The molecule has 1 aromatic rings. The number of benzene rings is 1. The number of aliphatic hydroxyl groups is 5. The van der Waals surface area contributed by atoms with Gasteiger partial charge in [0.2, 0.25) is 0 Å². The van der Waals surface area contributed by atoms with E-state index in [1.54, 1.807) is 35.2 Å². The van der Waals surface area contributed by atoms with E-state index in [4.69, 9.17) is 34.5 Å². The predicted octanol–water partition coefficient (Wildman–Crippen LogP) is 8.50. The van der Waals surface area contributed by atoms with Crippen LogP contribution in [0.15, 0.2) is 47.4 Å². The quantitative estimate of drug-likeness (QED) is 0.0188. The second kappa shape index (κ2) is 45.2. The number of rotatable bonds is 37. The minimum atomic E-state index is -3.57. The largest absolute Gasteiger partial charge is 0.463 e. The monoisotopic (exact) mass is 832 g/mol. The lowest BCUT2D eigenvalue weighted by atomic mass is 10.1. The molecule has 57 heavy (non-hydrogen) atoms. The molecule has 12 heteroatoms. The lowest BCUT2D eigenvalue weighted by Crippen LogP contribution is -2.32. The van der Waals surface area contributed by atoms with Gasteiger partial charge in [-0.25, -0.2) is 0 Å². The molecule has 336 valence electrons. The highest BCUT2D eigenvalue weighted by atomic mass is 32.2. The lowest BCUT2D eigenvalue weighted by Gasteiger charge is -2.17. The van der Waals surface area contributed by atoms with Crippen LogP contribution in [-0.4, -0.2) is 110 Å². The van der Waals surface area contributed by atoms with Crippen molar-refractivity contribution < 1.29 is 47.7 Å².